The number of thioether (sulfide) groups is 1. The number of amidine groups is 1. The van der Waals surface area contributed by atoms with Crippen molar-refractivity contribution in [3.63, 3.8) is 0 Å². The molecule has 5 rings (SSSR count). The Morgan fingerprint density at radius 3 is 2.22 bits per heavy atom. The molecule has 1 aliphatic heterocycles. The summed E-state index contributed by atoms with van der Waals surface area (Å²) in [6.07, 6.45) is 7.94. The summed E-state index contributed by atoms with van der Waals surface area (Å²) in [6, 6.07) is 28.9. The second-order valence-corrected chi connectivity index (χ2v) is 11.8. The number of allylic oxidation sites excluding steroid dienone is 4. The smallest absolute Gasteiger partial charge is 0.338 e. The van der Waals surface area contributed by atoms with Gasteiger partial charge < -0.3 is 14.5 Å². The Morgan fingerprint density at radius 1 is 0.960 bits per heavy atom. The van der Waals surface area contributed by atoms with Crippen molar-refractivity contribution >= 4 is 46.7 Å². The van der Waals surface area contributed by atoms with Gasteiger partial charge in [-0.1, -0.05) is 109 Å². The zero-order valence-electron chi connectivity index (χ0n) is 27.6. The average Bonchev–Trinajstić information content (AvgIpc) is 3.62. The molecule has 0 saturated carbocycles. The van der Waals surface area contributed by atoms with E-state index in [0.717, 1.165) is 22.9 Å². The number of aliphatic imine (C=N–C) groups is 1. The zero-order valence-corrected chi connectivity index (χ0v) is 28.4. The molecule has 0 spiro atoms. The van der Waals surface area contributed by atoms with Crippen molar-refractivity contribution < 1.29 is 28.3 Å². The third-order valence-corrected chi connectivity index (χ3v) is 8.45. The van der Waals surface area contributed by atoms with Gasteiger partial charge in [-0.3, -0.25) is 19.3 Å². The fourth-order valence-electron chi connectivity index (χ4n) is 5.11. The predicted octanol–water partition coefficient (Wildman–Crippen LogP) is 7.52. The number of carbonyl (C=O) groups is 4. The van der Waals surface area contributed by atoms with Crippen LogP contribution in [0.15, 0.2) is 149 Å². The van der Waals surface area contributed by atoms with Crippen LogP contribution in [0, 0.1) is 0 Å². The lowest BCUT2D eigenvalue weighted by Crippen LogP contribution is -2.42. The lowest BCUT2D eigenvalue weighted by molar-refractivity contribution is -0.126. The predicted molar refractivity (Wildman–Crippen MR) is 196 cm³/mol. The molecule has 0 unspecified atom stereocenters. The van der Waals surface area contributed by atoms with Gasteiger partial charge in [0.1, 0.15) is 17.1 Å². The summed E-state index contributed by atoms with van der Waals surface area (Å²) in [4.78, 5) is 58.3. The van der Waals surface area contributed by atoms with Gasteiger partial charge in [-0.2, -0.15) is 4.99 Å². The van der Waals surface area contributed by atoms with Crippen molar-refractivity contribution in [1.29, 1.82) is 0 Å². The molecule has 3 aromatic carbocycles. The Bertz CT molecular complexity index is 1950. The van der Waals surface area contributed by atoms with Crippen molar-refractivity contribution in [1.82, 2.24) is 10.2 Å². The molecule has 1 N–H and O–H groups in total. The van der Waals surface area contributed by atoms with E-state index in [0.29, 0.717) is 22.6 Å². The first kappa shape index (κ1) is 35.3. The molecule has 2 heterocycles. The maximum absolute atomic E-state index is 14.0. The van der Waals surface area contributed by atoms with E-state index < -0.39 is 23.8 Å². The molecular formula is C40H35N3O6S. The van der Waals surface area contributed by atoms with Crippen LogP contribution in [-0.2, 0) is 19.1 Å². The molecule has 0 saturated heterocycles. The third-order valence-electron chi connectivity index (χ3n) is 7.51. The lowest BCUT2D eigenvalue weighted by atomic mass is 9.99. The van der Waals surface area contributed by atoms with Crippen LogP contribution in [-0.4, -0.2) is 46.1 Å². The number of carbonyl (C=O) groups excluding carboxylic acids is 4. The second-order valence-electron chi connectivity index (χ2n) is 10.8. The molecule has 0 radical (unpaired) electrons. The first-order valence-corrected chi connectivity index (χ1v) is 16.9. The van der Waals surface area contributed by atoms with Crippen LogP contribution in [0.2, 0.25) is 0 Å². The number of furan rings is 1. The maximum atomic E-state index is 14.0. The van der Waals surface area contributed by atoms with Gasteiger partial charge in [-0.25, -0.2) is 4.79 Å². The van der Waals surface area contributed by atoms with Crippen LogP contribution in [0.5, 0.6) is 0 Å². The Balaban J connectivity index is 1.38. The van der Waals surface area contributed by atoms with E-state index in [-0.39, 0.29) is 34.8 Å². The summed E-state index contributed by atoms with van der Waals surface area (Å²) in [6.45, 7) is 7.47. The summed E-state index contributed by atoms with van der Waals surface area (Å²) in [5, 5.41) is 3.15. The number of nitrogens with zero attached hydrogens (tertiary/aromatic N) is 2. The number of rotatable bonds is 12. The molecule has 252 valence electrons. The van der Waals surface area contributed by atoms with Crippen molar-refractivity contribution in [2.24, 2.45) is 4.99 Å². The molecular weight excluding hydrogens is 651 g/mol. The molecule has 10 heteroatoms. The number of hydrogen-bond donors (Lipinski definition) is 1. The van der Waals surface area contributed by atoms with Gasteiger partial charge in [-0.15, -0.1) is 0 Å². The number of hydrogen-bond acceptors (Lipinski definition) is 7. The summed E-state index contributed by atoms with van der Waals surface area (Å²) >= 11 is 0.985. The number of benzene rings is 3. The van der Waals surface area contributed by atoms with Crippen LogP contribution >= 0.6 is 11.8 Å². The van der Waals surface area contributed by atoms with Crippen molar-refractivity contribution in [3.05, 3.63) is 162 Å². The molecule has 4 aromatic rings. The zero-order chi connectivity index (χ0) is 35.5. The van der Waals surface area contributed by atoms with E-state index in [2.05, 4.69) is 16.9 Å². The molecule has 3 amide bonds. The van der Waals surface area contributed by atoms with Crippen molar-refractivity contribution in [2.45, 2.75) is 19.9 Å². The molecule has 1 aromatic heterocycles. The maximum Gasteiger partial charge on any atom is 0.338 e. The number of esters is 1. The summed E-state index contributed by atoms with van der Waals surface area (Å²) in [5.74, 6) is -1.50. The van der Waals surface area contributed by atoms with E-state index >= 15 is 0 Å². The SMILES string of the molecule is C=C/C=C\C(=C/C)N1C(=O)/C(=C/c2ccc(-c3ccc(C(=O)OCC)cc3)o2)C(=O)N=C1SCC(=O)NC(c1ccccc1)c1ccccc1. The van der Waals surface area contributed by atoms with Crippen LogP contribution in [0.3, 0.4) is 0 Å². The Kier molecular flexibility index (Phi) is 11.9. The summed E-state index contributed by atoms with van der Waals surface area (Å²) in [5.41, 5.74) is 3.14. The normalized spacial score (nSPS) is 14.3. The topological polar surface area (TPSA) is 118 Å². The highest BCUT2D eigenvalue weighted by atomic mass is 32.2. The molecule has 0 atom stereocenters. The van der Waals surface area contributed by atoms with Gasteiger partial charge in [0.2, 0.25) is 5.91 Å². The van der Waals surface area contributed by atoms with Crippen molar-refractivity contribution in [3.8, 4) is 11.3 Å². The number of ether oxygens (including phenoxy) is 1. The van der Waals surface area contributed by atoms with Gasteiger partial charge in [-0.05, 0) is 61.4 Å². The van der Waals surface area contributed by atoms with Gasteiger partial charge >= 0.3 is 5.97 Å². The lowest BCUT2D eigenvalue weighted by Gasteiger charge is -2.28. The van der Waals surface area contributed by atoms with Crippen LogP contribution in [0.25, 0.3) is 17.4 Å². The minimum Gasteiger partial charge on any atom is -0.462 e. The van der Waals surface area contributed by atoms with Crippen LogP contribution < -0.4 is 5.32 Å². The fraction of sp³-hybridized carbons (Fsp3) is 0.125. The van der Waals surface area contributed by atoms with Crippen molar-refractivity contribution in [2.75, 3.05) is 12.4 Å². The van der Waals surface area contributed by atoms with Crippen LogP contribution in [0.1, 0.15) is 47.1 Å². The molecule has 50 heavy (non-hydrogen) atoms. The minimum absolute atomic E-state index is 0.0620. The largest absolute Gasteiger partial charge is 0.462 e. The third kappa shape index (κ3) is 8.53. The van der Waals surface area contributed by atoms with E-state index in [1.54, 1.807) is 74.5 Å². The number of nitrogens with one attached hydrogen (secondary N) is 1. The Labute approximate surface area is 294 Å². The fourth-order valence-corrected chi connectivity index (χ4v) is 5.91. The number of amides is 3. The first-order chi connectivity index (χ1) is 24.3. The van der Waals surface area contributed by atoms with Gasteiger partial charge in [0.05, 0.1) is 24.0 Å². The van der Waals surface area contributed by atoms with Gasteiger partial charge in [0.15, 0.2) is 5.17 Å². The highest BCUT2D eigenvalue weighted by Crippen LogP contribution is 2.29. The first-order valence-electron chi connectivity index (χ1n) is 15.9. The monoisotopic (exact) mass is 685 g/mol. The molecule has 1 aliphatic rings. The van der Waals surface area contributed by atoms with Gasteiger partial charge in [0.25, 0.3) is 11.8 Å². The van der Waals surface area contributed by atoms with Gasteiger partial charge in [0, 0.05) is 11.3 Å². The molecule has 0 fully saturated rings. The van der Waals surface area contributed by atoms with E-state index in [1.807, 2.05) is 60.7 Å². The summed E-state index contributed by atoms with van der Waals surface area (Å²) < 4.78 is 11.0. The second kappa shape index (κ2) is 16.9. The quantitative estimate of drug-likeness (QED) is 0.0710. The highest BCUT2D eigenvalue weighted by Gasteiger charge is 2.35. The Morgan fingerprint density at radius 2 is 1.62 bits per heavy atom. The average molecular weight is 686 g/mol. The highest BCUT2D eigenvalue weighted by molar-refractivity contribution is 8.14. The minimum atomic E-state index is -0.763. The standard InChI is InChI=1S/C40H35N3O6S/c1-4-7-18-31(5-2)43-38(46)33(25-32-23-24-34(49-32)27-19-21-30(22-20-27)39(47)48-6-3)37(45)42-40(43)50-26-35(44)41-36(28-14-10-8-11-15-28)29-16-12-9-13-17-29/h4-5,7-25,36H,1,6,26H2,2-3H3,(H,41,44)/b18-7-,31-5+,33-25+. The van der Waals surface area contributed by atoms with E-state index in [4.69, 9.17) is 9.15 Å². The molecule has 9 nitrogen and oxygen atoms in total. The Hall–Kier alpha value is -6.00. The van der Waals surface area contributed by atoms with E-state index in [1.165, 1.54) is 11.0 Å². The van der Waals surface area contributed by atoms with Crippen LogP contribution in [0.4, 0.5) is 0 Å². The molecule has 0 aliphatic carbocycles. The summed E-state index contributed by atoms with van der Waals surface area (Å²) in [7, 11) is 0. The molecule has 0 bridgehead atoms. The van der Waals surface area contributed by atoms with E-state index in [9.17, 15) is 19.2 Å².